The van der Waals surface area contributed by atoms with Crippen LogP contribution in [-0.4, -0.2) is 47.7 Å². The number of ether oxygens (including phenoxy) is 1. The summed E-state index contributed by atoms with van der Waals surface area (Å²) in [5, 5.41) is 9.16. The van der Waals surface area contributed by atoms with Crippen LogP contribution in [0.15, 0.2) is 0 Å². The zero-order chi connectivity index (χ0) is 10.6. The number of hydrogen-bond acceptors (Lipinski definition) is 4. The fourth-order valence-electron chi connectivity index (χ4n) is 1.43. The van der Waals surface area contributed by atoms with E-state index in [2.05, 4.69) is 0 Å². The number of amides is 1. The molecule has 80 valence electrons. The number of β-amino-alcohol motifs (C(OH)–C–C–N with tert-alkyl or cyclic N) is 1. The molecule has 1 rings (SSSR count). The third kappa shape index (κ3) is 2.99. The third-order valence-electron chi connectivity index (χ3n) is 2.09. The van der Waals surface area contributed by atoms with Crippen molar-refractivity contribution in [2.45, 2.75) is 25.9 Å². The van der Waals surface area contributed by atoms with Crippen molar-refractivity contribution in [2.24, 2.45) is 0 Å². The number of hydrogen-bond donors (Lipinski definition) is 1. The molecule has 1 aliphatic rings. The maximum atomic E-state index is 11.2. The second-order valence-electron chi connectivity index (χ2n) is 3.25. The van der Waals surface area contributed by atoms with Gasteiger partial charge in [-0.15, -0.1) is 0 Å². The summed E-state index contributed by atoms with van der Waals surface area (Å²) in [6.45, 7) is 2.77. The first kappa shape index (κ1) is 11.0. The van der Waals surface area contributed by atoms with Gasteiger partial charge in [-0.05, 0) is 6.92 Å². The first-order valence-corrected chi connectivity index (χ1v) is 4.75. The molecule has 1 amide bonds. The van der Waals surface area contributed by atoms with E-state index >= 15 is 0 Å². The molecular formula is C9H15NO4. The van der Waals surface area contributed by atoms with Crippen LogP contribution in [-0.2, 0) is 14.3 Å². The van der Waals surface area contributed by atoms with E-state index in [1.165, 1.54) is 4.90 Å². The second kappa shape index (κ2) is 4.95. The minimum Gasteiger partial charge on any atom is -0.466 e. The highest BCUT2D eigenvalue weighted by atomic mass is 16.5. The Morgan fingerprint density at radius 1 is 1.71 bits per heavy atom. The van der Waals surface area contributed by atoms with Crippen molar-refractivity contribution in [2.75, 3.05) is 19.7 Å². The molecule has 0 radical (unpaired) electrons. The van der Waals surface area contributed by atoms with E-state index in [9.17, 15) is 9.59 Å². The molecule has 5 heteroatoms. The predicted molar refractivity (Wildman–Crippen MR) is 48.5 cm³/mol. The van der Waals surface area contributed by atoms with Crippen LogP contribution < -0.4 is 0 Å². The van der Waals surface area contributed by atoms with Gasteiger partial charge in [-0.2, -0.15) is 0 Å². The van der Waals surface area contributed by atoms with Gasteiger partial charge in [0.25, 0.3) is 0 Å². The highest BCUT2D eigenvalue weighted by Gasteiger charge is 2.27. The molecule has 0 aromatic rings. The molecule has 1 aliphatic heterocycles. The topological polar surface area (TPSA) is 66.8 Å². The molecular weight excluding hydrogens is 186 g/mol. The zero-order valence-corrected chi connectivity index (χ0v) is 8.23. The van der Waals surface area contributed by atoms with Gasteiger partial charge in [0.05, 0.1) is 25.6 Å². The molecule has 0 saturated carbocycles. The van der Waals surface area contributed by atoms with Crippen molar-refractivity contribution in [3.05, 3.63) is 0 Å². The molecule has 1 atom stereocenters. The average Bonchev–Trinajstić information content (AvgIpc) is 2.42. The predicted octanol–water partition coefficient (Wildman–Crippen LogP) is -0.467. The van der Waals surface area contributed by atoms with Gasteiger partial charge in [0.2, 0.25) is 5.91 Å². The van der Waals surface area contributed by atoms with Gasteiger partial charge in [-0.1, -0.05) is 0 Å². The number of rotatable bonds is 4. The van der Waals surface area contributed by atoms with E-state index in [4.69, 9.17) is 9.84 Å². The second-order valence-corrected chi connectivity index (χ2v) is 3.25. The first-order valence-electron chi connectivity index (χ1n) is 4.75. The van der Waals surface area contributed by atoms with Gasteiger partial charge >= 0.3 is 5.97 Å². The molecule has 14 heavy (non-hydrogen) atoms. The number of likely N-dealkylation sites (tertiary alicyclic amines) is 1. The molecule has 5 nitrogen and oxygen atoms in total. The highest BCUT2D eigenvalue weighted by Crippen LogP contribution is 2.10. The fourth-order valence-corrected chi connectivity index (χ4v) is 1.43. The molecule has 1 unspecified atom stereocenters. The molecule has 1 heterocycles. The molecule has 0 spiro atoms. The molecule has 1 saturated heterocycles. The van der Waals surface area contributed by atoms with Crippen LogP contribution >= 0.6 is 0 Å². The Labute approximate surface area is 82.6 Å². The van der Waals surface area contributed by atoms with Gasteiger partial charge in [-0.25, -0.2) is 0 Å². The van der Waals surface area contributed by atoms with E-state index in [0.29, 0.717) is 19.7 Å². The Hall–Kier alpha value is -1.10. The molecule has 0 bridgehead atoms. The summed E-state index contributed by atoms with van der Waals surface area (Å²) in [7, 11) is 0. The Morgan fingerprint density at radius 2 is 2.43 bits per heavy atom. The SMILES string of the molecule is CCOC(=O)CCN1CC(O)CC1=O. The molecule has 0 aliphatic carbocycles. The summed E-state index contributed by atoms with van der Waals surface area (Å²) in [4.78, 5) is 23.6. The highest BCUT2D eigenvalue weighted by molar-refractivity contribution is 5.79. The third-order valence-corrected chi connectivity index (χ3v) is 2.09. The van der Waals surface area contributed by atoms with Gasteiger partial charge in [0.15, 0.2) is 0 Å². The minimum atomic E-state index is -0.579. The summed E-state index contributed by atoms with van der Waals surface area (Å²) in [5.41, 5.74) is 0. The summed E-state index contributed by atoms with van der Waals surface area (Å²) in [6.07, 6.45) is -0.209. The van der Waals surface area contributed by atoms with Crippen LogP contribution in [0, 0.1) is 0 Å². The number of nitrogens with zero attached hydrogens (tertiary/aromatic N) is 1. The lowest BCUT2D eigenvalue weighted by Gasteiger charge is -2.14. The van der Waals surface area contributed by atoms with Gasteiger partial charge in [-0.3, -0.25) is 9.59 Å². The average molecular weight is 201 g/mol. The van der Waals surface area contributed by atoms with E-state index in [-0.39, 0.29) is 24.7 Å². The minimum absolute atomic E-state index is 0.0956. The molecule has 1 N–H and O–H groups in total. The molecule has 0 aromatic heterocycles. The van der Waals surface area contributed by atoms with Crippen molar-refractivity contribution in [3.63, 3.8) is 0 Å². The lowest BCUT2D eigenvalue weighted by molar-refractivity contribution is -0.143. The number of esters is 1. The number of aliphatic hydroxyl groups excluding tert-OH is 1. The van der Waals surface area contributed by atoms with Crippen LogP contribution in [0.1, 0.15) is 19.8 Å². The maximum Gasteiger partial charge on any atom is 0.307 e. The lowest BCUT2D eigenvalue weighted by atomic mass is 10.3. The van der Waals surface area contributed by atoms with Crippen LogP contribution in [0.2, 0.25) is 0 Å². The van der Waals surface area contributed by atoms with E-state index < -0.39 is 6.10 Å². The first-order chi connectivity index (χ1) is 6.63. The number of aliphatic hydroxyl groups is 1. The van der Waals surface area contributed by atoms with Gasteiger partial charge in [0, 0.05) is 13.1 Å². The largest absolute Gasteiger partial charge is 0.466 e. The van der Waals surface area contributed by atoms with Crippen molar-refractivity contribution < 1.29 is 19.4 Å². The van der Waals surface area contributed by atoms with Crippen molar-refractivity contribution in [1.82, 2.24) is 4.90 Å². The quantitative estimate of drug-likeness (QED) is 0.624. The van der Waals surface area contributed by atoms with Gasteiger partial charge in [0.1, 0.15) is 0 Å². The Bertz CT molecular complexity index is 229. The standard InChI is InChI=1S/C9H15NO4/c1-2-14-9(13)3-4-10-6-7(11)5-8(10)12/h7,11H,2-6H2,1H3. The van der Waals surface area contributed by atoms with Crippen molar-refractivity contribution >= 4 is 11.9 Å². The monoisotopic (exact) mass is 201 g/mol. The van der Waals surface area contributed by atoms with Crippen LogP contribution in [0.4, 0.5) is 0 Å². The van der Waals surface area contributed by atoms with E-state index in [1.807, 2.05) is 0 Å². The maximum absolute atomic E-state index is 11.2. The van der Waals surface area contributed by atoms with Crippen LogP contribution in [0.3, 0.4) is 0 Å². The van der Waals surface area contributed by atoms with E-state index in [1.54, 1.807) is 6.92 Å². The lowest BCUT2D eigenvalue weighted by Crippen LogP contribution is -2.28. The van der Waals surface area contributed by atoms with Crippen LogP contribution in [0.5, 0.6) is 0 Å². The normalized spacial score (nSPS) is 21.4. The zero-order valence-electron chi connectivity index (χ0n) is 8.23. The molecule has 0 aromatic carbocycles. The van der Waals surface area contributed by atoms with Crippen molar-refractivity contribution in [1.29, 1.82) is 0 Å². The summed E-state index contributed by atoms with van der Waals surface area (Å²) < 4.78 is 4.72. The smallest absolute Gasteiger partial charge is 0.307 e. The fraction of sp³-hybridized carbons (Fsp3) is 0.778. The Morgan fingerprint density at radius 3 is 2.93 bits per heavy atom. The summed E-state index contributed by atoms with van der Waals surface area (Å²) in [6, 6.07) is 0. The Kier molecular flexibility index (Phi) is 3.88. The molecule has 1 fully saturated rings. The summed E-state index contributed by atoms with van der Waals surface area (Å²) >= 11 is 0. The van der Waals surface area contributed by atoms with E-state index in [0.717, 1.165) is 0 Å². The summed E-state index contributed by atoms with van der Waals surface area (Å²) in [5.74, 6) is -0.400. The number of carbonyl (C=O) groups is 2. The number of carbonyl (C=O) groups excluding carboxylic acids is 2. The Balaban J connectivity index is 2.25. The van der Waals surface area contributed by atoms with Crippen molar-refractivity contribution in [3.8, 4) is 0 Å². The van der Waals surface area contributed by atoms with Gasteiger partial charge < -0.3 is 14.7 Å². The van der Waals surface area contributed by atoms with Crippen LogP contribution in [0.25, 0.3) is 0 Å².